The van der Waals surface area contributed by atoms with Gasteiger partial charge in [0, 0.05) is 39.1 Å². The maximum Gasteiger partial charge on any atom is 0.328 e. The van der Waals surface area contributed by atoms with Crippen molar-refractivity contribution in [1.82, 2.24) is 14.7 Å². The second kappa shape index (κ2) is 9.54. The van der Waals surface area contributed by atoms with Crippen LogP contribution in [0.15, 0.2) is 30.3 Å². The molecule has 6 heteroatoms. The molecule has 0 aromatic heterocycles. The van der Waals surface area contributed by atoms with E-state index in [1.807, 2.05) is 6.07 Å². The number of methoxy groups -OCH3 is 1. The lowest BCUT2D eigenvalue weighted by molar-refractivity contribution is -0.148. The highest BCUT2D eigenvalue weighted by Gasteiger charge is 2.36. The molecule has 3 rings (SSSR count). The molecule has 1 aromatic carbocycles. The number of piperazine rings is 1. The average Bonchev–Trinajstić information content (AvgIpc) is 3.07. The Balaban J connectivity index is 1.40. The van der Waals surface area contributed by atoms with Crippen molar-refractivity contribution >= 4 is 11.9 Å². The van der Waals surface area contributed by atoms with Gasteiger partial charge in [-0.3, -0.25) is 14.6 Å². The van der Waals surface area contributed by atoms with Gasteiger partial charge >= 0.3 is 5.97 Å². The number of rotatable bonds is 5. The quantitative estimate of drug-likeness (QED) is 0.572. The summed E-state index contributed by atoms with van der Waals surface area (Å²) in [5.41, 5.74) is 1.35. The van der Waals surface area contributed by atoms with Crippen LogP contribution in [0.2, 0.25) is 0 Å². The van der Waals surface area contributed by atoms with Gasteiger partial charge in [-0.1, -0.05) is 42.2 Å². The predicted molar refractivity (Wildman–Crippen MR) is 103 cm³/mol. The number of esters is 1. The normalized spacial score (nSPS) is 21.0. The number of carbonyl (C=O) groups excluding carboxylic acids is 2. The fourth-order valence-corrected chi connectivity index (χ4v) is 3.57. The van der Waals surface area contributed by atoms with Crippen LogP contribution in [0.25, 0.3) is 0 Å². The van der Waals surface area contributed by atoms with Gasteiger partial charge in [0.1, 0.15) is 6.04 Å². The van der Waals surface area contributed by atoms with Crippen LogP contribution in [-0.2, 0) is 20.9 Å². The van der Waals surface area contributed by atoms with E-state index in [1.165, 1.54) is 17.6 Å². The molecule has 1 atom stereocenters. The molecule has 27 heavy (non-hydrogen) atoms. The Labute approximate surface area is 161 Å². The van der Waals surface area contributed by atoms with Crippen molar-refractivity contribution in [1.29, 1.82) is 0 Å². The Morgan fingerprint density at radius 2 is 1.74 bits per heavy atom. The van der Waals surface area contributed by atoms with Crippen LogP contribution in [-0.4, -0.2) is 79.0 Å². The SMILES string of the molecule is COC(=O)C1CCC(=O)N1CC#CCN1CCN(Cc2ccccc2)CC1. The molecule has 2 heterocycles. The van der Waals surface area contributed by atoms with Crippen molar-refractivity contribution in [2.45, 2.75) is 25.4 Å². The van der Waals surface area contributed by atoms with E-state index < -0.39 is 6.04 Å². The van der Waals surface area contributed by atoms with E-state index in [0.29, 0.717) is 25.9 Å². The number of hydrogen-bond acceptors (Lipinski definition) is 5. The fourth-order valence-electron chi connectivity index (χ4n) is 3.57. The zero-order valence-corrected chi connectivity index (χ0v) is 15.9. The van der Waals surface area contributed by atoms with Gasteiger partial charge in [0.25, 0.3) is 0 Å². The Morgan fingerprint density at radius 3 is 2.44 bits per heavy atom. The Kier molecular flexibility index (Phi) is 6.86. The summed E-state index contributed by atoms with van der Waals surface area (Å²) in [6, 6.07) is 10.1. The van der Waals surface area contributed by atoms with Crippen LogP contribution in [0, 0.1) is 11.8 Å². The third-order valence-electron chi connectivity index (χ3n) is 5.19. The van der Waals surface area contributed by atoms with Crippen molar-refractivity contribution in [2.75, 3.05) is 46.4 Å². The van der Waals surface area contributed by atoms with Crippen LogP contribution >= 0.6 is 0 Å². The summed E-state index contributed by atoms with van der Waals surface area (Å²) in [5.74, 6) is 5.84. The van der Waals surface area contributed by atoms with E-state index in [4.69, 9.17) is 4.74 Å². The topological polar surface area (TPSA) is 53.1 Å². The maximum atomic E-state index is 11.9. The molecule has 0 saturated carbocycles. The molecule has 0 aliphatic carbocycles. The zero-order valence-electron chi connectivity index (χ0n) is 15.9. The van der Waals surface area contributed by atoms with E-state index in [-0.39, 0.29) is 11.9 Å². The summed E-state index contributed by atoms with van der Waals surface area (Å²) < 4.78 is 4.77. The summed E-state index contributed by atoms with van der Waals surface area (Å²) in [6.07, 6.45) is 0.918. The molecule has 0 bridgehead atoms. The zero-order chi connectivity index (χ0) is 19.1. The lowest BCUT2D eigenvalue weighted by Gasteiger charge is -2.33. The molecule has 2 fully saturated rings. The van der Waals surface area contributed by atoms with Crippen molar-refractivity contribution in [3.05, 3.63) is 35.9 Å². The van der Waals surface area contributed by atoms with Crippen LogP contribution in [0.3, 0.4) is 0 Å². The van der Waals surface area contributed by atoms with E-state index >= 15 is 0 Å². The van der Waals surface area contributed by atoms with Gasteiger partial charge in [0.2, 0.25) is 5.91 Å². The van der Waals surface area contributed by atoms with Gasteiger partial charge in [0.05, 0.1) is 20.2 Å². The molecule has 1 unspecified atom stereocenters. The predicted octanol–water partition coefficient (Wildman–Crippen LogP) is 0.972. The smallest absolute Gasteiger partial charge is 0.328 e. The van der Waals surface area contributed by atoms with E-state index in [1.54, 1.807) is 0 Å². The van der Waals surface area contributed by atoms with E-state index in [2.05, 4.69) is 45.9 Å². The van der Waals surface area contributed by atoms with Crippen molar-refractivity contribution < 1.29 is 14.3 Å². The van der Waals surface area contributed by atoms with Gasteiger partial charge in [-0.2, -0.15) is 0 Å². The average molecular weight is 369 g/mol. The summed E-state index contributed by atoms with van der Waals surface area (Å²) >= 11 is 0. The molecule has 1 aromatic rings. The Hall–Kier alpha value is -2.36. The lowest BCUT2D eigenvalue weighted by atomic mass is 10.2. The first-order valence-electron chi connectivity index (χ1n) is 9.49. The molecule has 6 nitrogen and oxygen atoms in total. The molecule has 0 radical (unpaired) electrons. The third-order valence-corrected chi connectivity index (χ3v) is 5.19. The number of benzene rings is 1. The number of carbonyl (C=O) groups is 2. The molecule has 0 spiro atoms. The minimum atomic E-state index is -0.474. The highest BCUT2D eigenvalue weighted by atomic mass is 16.5. The fraction of sp³-hybridized carbons (Fsp3) is 0.524. The number of nitrogens with zero attached hydrogens (tertiary/aromatic N) is 3. The number of amides is 1. The van der Waals surface area contributed by atoms with Gasteiger partial charge in [0.15, 0.2) is 0 Å². The molecule has 2 saturated heterocycles. The van der Waals surface area contributed by atoms with Crippen LogP contribution in [0.1, 0.15) is 18.4 Å². The van der Waals surface area contributed by atoms with Crippen molar-refractivity contribution in [3.8, 4) is 11.8 Å². The number of hydrogen-bond donors (Lipinski definition) is 0. The second-order valence-corrected chi connectivity index (χ2v) is 6.99. The van der Waals surface area contributed by atoms with Gasteiger partial charge in [-0.25, -0.2) is 4.79 Å². The largest absolute Gasteiger partial charge is 0.467 e. The standard InChI is InChI=1S/C21H27N3O3/c1-27-21(26)19-9-10-20(25)24(19)12-6-5-11-22-13-15-23(16-14-22)17-18-7-3-2-4-8-18/h2-4,7-8,19H,9-17H2,1H3. The lowest BCUT2D eigenvalue weighted by Crippen LogP contribution is -2.45. The van der Waals surface area contributed by atoms with Crippen LogP contribution in [0.5, 0.6) is 0 Å². The summed E-state index contributed by atoms with van der Waals surface area (Å²) in [4.78, 5) is 30.0. The molecule has 0 N–H and O–H groups in total. The Bertz CT molecular complexity index is 702. The second-order valence-electron chi connectivity index (χ2n) is 6.99. The minimum absolute atomic E-state index is 0.0192. The first kappa shape index (κ1) is 19.4. The Morgan fingerprint density at radius 1 is 1.07 bits per heavy atom. The molecule has 2 aliphatic heterocycles. The van der Waals surface area contributed by atoms with Crippen LogP contribution in [0.4, 0.5) is 0 Å². The summed E-state index contributed by atoms with van der Waals surface area (Å²) in [6.45, 7) is 6.05. The summed E-state index contributed by atoms with van der Waals surface area (Å²) in [7, 11) is 1.35. The minimum Gasteiger partial charge on any atom is -0.467 e. The molecule has 2 aliphatic rings. The molecular weight excluding hydrogens is 342 g/mol. The van der Waals surface area contributed by atoms with Gasteiger partial charge in [-0.05, 0) is 12.0 Å². The monoisotopic (exact) mass is 369 g/mol. The highest BCUT2D eigenvalue weighted by Crippen LogP contribution is 2.19. The molecular formula is C21H27N3O3. The number of ether oxygens (including phenoxy) is 1. The molecule has 1 amide bonds. The van der Waals surface area contributed by atoms with E-state index in [9.17, 15) is 9.59 Å². The van der Waals surface area contributed by atoms with Gasteiger partial charge in [-0.15, -0.1) is 0 Å². The van der Waals surface area contributed by atoms with E-state index in [0.717, 1.165) is 32.7 Å². The van der Waals surface area contributed by atoms with Crippen LogP contribution < -0.4 is 0 Å². The highest BCUT2D eigenvalue weighted by molar-refractivity contribution is 5.88. The van der Waals surface area contributed by atoms with Crippen molar-refractivity contribution in [2.24, 2.45) is 0 Å². The first-order chi connectivity index (χ1) is 13.2. The maximum absolute atomic E-state index is 11.9. The van der Waals surface area contributed by atoms with Gasteiger partial charge < -0.3 is 9.64 Å². The molecule has 144 valence electrons. The summed E-state index contributed by atoms with van der Waals surface area (Å²) in [5, 5.41) is 0. The number of likely N-dealkylation sites (tertiary alicyclic amines) is 1. The third kappa shape index (κ3) is 5.31. The van der Waals surface area contributed by atoms with Crippen molar-refractivity contribution in [3.63, 3.8) is 0 Å². The first-order valence-corrected chi connectivity index (χ1v) is 9.49.